The molecule has 0 saturated carbocycles. The first kappa shape index (κ1) is 12.8. The summed E-state index contributed by atoms with van der Waals surface area (Å²) in [4.78, 5) is 0. The molecule has 0 rings (SSSR count). The smallest absolute Gasteiger partial charge is 0.258 e. The van der Waals surface area contributed by atoms with Gasteiger partial charge in [-0.3, -0.25) is 4.57 Å². The molecule has 0 aromatic rings. The summed E-state index contributed by atoms with van der Waals surface area (Å²) in [6.45, 7) is 9.94. The summed E-state index contributed by atoms with van der Waals surface area (Å²) < 4.78 is 11.4. The minimum atomic E-state index is -3.02. The SMILES string of the molecule is CC(C)(C)CC(C)(C)P(=O)(Cl)Cl. The van der Waals surface area contributed by atoms with Gasteiger partial charge in [-0.05, 0) is 34.3 Å². The van der Waals surface area contributed by atoms with Crippen LogP contribution in [-0.2, 0) is 4.57 Å². The van der Waals surface area contributed by atoms with E-state index in [0.29, 0.717) is 0 Å². The summed E-state index contributed by atoms with van der Waals surface area (Å²) in [5, 5.41) is -0.492. The summed E-state index contributed by atoms with van der Waals surface area (Å²) in [5.41, 5.74) is 0.100. The predicted molar refractivity (Wildman–Crippen MR) is 57.5 cm³/mol. The van der Waals surface area contributed by atoms with Crippen molar-refractivity contribution in [2.75, 3.05) is 0 Å². The molecule has 4 heteroatoms. The zero-order chi connectivity index (χ0) is 10.2. The van der Waals surface area contributed by atoms with Crippen molar-refractivity contribution >= 4 is 28.3 Å². The minimum absolute atomic E-state index is 0.100. The van der Waals surface area contributed by atoms with Crippen LogP contribution in [0.3, 0.4) is 0 Å². The van der Waals surface area contributed by atoms with E-state index in [2.05, 4.69) is 20.8 Å². The van der Waals surface area contributed by atoms with Crippen molar-refractivity contribution in [1.29, 1.82) is 0 Å². The zero-order valence-corrected chi connectivity index (χ0v) is 10.7. The third-order valence-corrected chi connectivity index (χ3v) is 5.98. The molecule has 0 fully saturated rings. The van der Waals surface area contributed by atoms with Gasteiger partial charge in [0.1, 0.15) is 0 Å². The van der Waals surface area contributed by atoms with Gasteiger partial charge in [-0.2, -0.15) is 0 Å². The van der Waals surface area contributed by atoms with Crippen LogP contribution < -0.4 is 0 Å². The van der Waals surface area contributed by atoms with Gasteiger partial charge in [-0.15, -0.1) is 0 Å². The van der Waals surface area contributed by atoms with Gasteiger partial charge in [0.05, 0.1) is 0 Å². The van der Waals surface area contributed by atoms with Crippen molar-refractivity contribution < 1.29 is 4.57 Å². The number of hydrogen-bond donors (Lipinski definition) is 0. The molecule has 0 unspecified atom stereocenters. The fourth-order valence-corrected chi connectivity index (χ4v) is 2.41. The van der Waals surface area contributed by atoms with Crippen molar-refractivity contribution in [3.8, 4) is 0 Å². The number of hydrogen-bond acceptors (Lipinski definition) is 1. The topological polar surface area (TPSA) is 17.1 Å². The highest BCUT2D eigenvalue weighted by atomic mass is 35.9. The van der Waals surface area contributed by atoms with E-state index in [4.69, 9.17) is 22.5 Å². The Morgan fingerprint density at radius 3 is 1.50 bits per heavy atom. The van der Waals surface area contributed by atoms with E-state index >= 15 is 0 Å². The quantitative estimate of drug-likeness (QED) is 0.619. The van der Waals surface area contributed by atoms with Gasteiger partial charge in [-0.1, -0.05) is 34.6 Å². The molecular formula is C8H17Cl2OP. The first-order chi connectivity index (χ1) is 4.96. The van der Waals surface area contributed by atoms with Crippen molar-refractivity contribution in [1.82, 2.24) is 0 Å². The molecule has 0 aliphatic heterocycles. The van der Waals surface area contributed by atoms with Crippen molar-refractivity contribution in [2.45, 2.75) is 46.2 Å². The van der Waals surface area contributed by atoms with Crippen LogP contribution in [0.15, 0.2) is 0 Å². The van der Waals surface area contributed by atoms with Crippen molar-refractivity contribution in [3.63, 3.8) is 0 Å². The lowest BCUT2D eigenvalue weighted by Gasteiger charge is -2.32. The molecule has 1 nitrogen and oxygen atoms in total. The highest BCUT2D eigenvalue weighted by Crippen LogP contribution is 2.69. The van der Waals surface area contributed by atoms with E-state index in [9.17, 15) is 4.57 Å². The monoisotopic (exact) mass is 230 g/mol. The molecule has 0 atom stereocenters. The third-order valence-electron chi connectivity index (χ3n) is 1.67. The van der Waals surface area contributed by atoms with Crippen LogP contribution in [0.2, 0.25) is 0 Å². The second kappa shape index (κ2) is 3.52. The van der Waals surface area contributed by atoms with E-state index in [1.54, 1.807) is 0 Å². The average molecular weight is 231 g/mol. The molecule has 12 heavy (non-hydrogen) atoms. The van der Waals surface area contributed by atoms with Gasteiger partial charge < -0.3 is 0 Å². The fourth-order valence-electron chi connectivity index (χ4n) is 1.39. The van der Waals surface area contributed by atoms with Gasteiger partial charge in [0.2, 0.25) is 0 Å². The van der Waals surface area contributed by atoms with E-state index in [-0.39, 0.29) is 5.41 Å². The van der Waals surface area contributed by atoms with E-state index in [0.717, 1.165) is 6.42 Å². The molecule has 0 saturated heterocycles. The Labute approximate surface area is 84.8 Å². The second-order valence-corrected chi connectivity index (χ2v) is 10.5. The maximum absolute atomic E-state index is 11.4. The Hall–Kier alpha value is 0.810. The van der Waals surface area contributed by atoms with Gasteiger partial charge in [0, 0.05) is 5.16 Å². The molecule has 74 valence electrons. The first-order valence-electron chi connectivity index (χ1n) is 3.95. The number of halogens is 2. The second-order valence-electron chi connectivity index (χ2n) is 5.01. The molecule has 0 amide bonds. The normalized spacial score (nSPS) is 14.9. The number of rotatable bonds is 2. The third kappa shape index (κ3) is 4.16. The van der Waals surface area contributed by atoms with Crippen LogP contribution in [0.1, 0.15) is 41.0 Å². The maximum Gasteiger partial charge on any atom is 0.258 e. The minimum Gasteiger partial charge on any atom is -0.289 e. The largest absolute Gasteiger partial charge is 0.289 e. The molecule has 0 N–H and O–H groups in total. The Morgan fingerprint density at radius 2 is 1.42 bits per heavy atom. The first-order valence-corrected chi connectivity index (χ1v) is 7.47. The molecule has 0 bridgehead atoms. The molecule has 0 aromatic carbocycles. The summed E-state index contributed by atoms with van der Waals surface area (Å²) in [5.74, 6) is -3.02. The molecular weight excluding hydrogens is 214 g/mol. The maximum atomic E-state index is 11.4. The lowest BCUT2D eigenvalue weighted by atomic mass is 9.86. The fraction of sp³-hybridized carbons (Fsp3) is 1.00. The summed E-state index contributed by atoms with van der Waals surface area (Å²) in [7, 11) is 0. The Morgan fingerprint density at radius 1 is 1.08 bits per heavy atom. The van der Waals surface area contributed by atoms with E-state index in [1.807, 2.05) is 13.8 Å². The predicted octanol–water partition coefficient (Wildman–Crippen LogP) is 4.87. The summed E-state index contributed by atoms with van der Waals surface area (Å²) in [6, 6.07) is 0. The standard InChI is InChI=1S/C8H17Cl2OP/c1-7(2,3)6-8(4,5)12(9,10)11/h6H2,1-5H3. The van der Waals surface area contributed by atoms with Gasteiger partial charge >= 0.3 is 0 Å². The van der Waals surface area contributed by atoms with E-state index < -0.39 is 11.0 Å². The van der Waals surface area contributed by atoms with Crippen LogP contribution in [0, 0.1) is 5.41 Å². The van der Waals surface area contributed by atoms with Crippen LogP contribution in [0.25, 0.3) is 0 Å². The Bertz CT molecular complexity index is 200. The van der Waals surface area contributed by atoms with Crippen LogP contribution >= 0.6 is 28.3 Å². The van der Waals surface area contributed by atoms with Crippen LogP contribution in [0.5, 0.6) is 0 Å². The van der Waals surface area contributed by atoms with Crippen molar-refractivity contribution in [2.24, 2.45) is 5.41 Å². The Kier molecular flexibility index (Phi) is 3.75. The highest BCUT2D eigenvalue weighted by molar-refractivity contribution is 8.09. The summed E-state index contributed by atoms with van der Waals surface area (Å²) in [6.07, 6.45) is 0.754. The molecule has 0 radical (unpaired) electrons. The lowest BCUT2D eigenvalue weighted by molar-refractivity contribution is 0.332. The lowest BCUT2D eigenvalue weighted by Crippen LogP contribution is -2.24. The molecule has 0 heterocycles. The zero-order valence-electron chi connectivity index (χ0n) is 8.32. The molecule has 0 aliphatic rings. The van der Waals surface area contributed by atoms with Crippen LogP contribution in [0.4, 0.5) is 0 Å². The molecule has 0 aromatic heterocycles. The van der Waals surface area contributed by atoms with Crippen LogP contribution in [-0.4, -0.2) is 5.16 Å². The molecule has 0 spiro atoms. The van der Waals surface area contributed by atoms with Gasteiger partial charge in [-0.25, -0.2) is 0 Å². The van der Waals surface area contributed by atoms with Crippen molar-refractivity contribution in [3.05, 3.63) is 0 Å². The Balaban J connectivity index is 4.56. The summed E-state index contributed by atoms with van der Waals surface area (Å²) >= 11 is 11.3. The van der Waals surface area contributed by atoms with E-state index in [1.165, 1.54) is 0 Å². The highest BCUT2D eigenvalue weighted by Gasteiger charge is 2.39. The molecule has 0 aliphatic carbocycles. The van der Waals surface area contributed by atoms with Gasteiger partial charge in [0.25, 0.3) is 5.85 Å². The van der Waals surface area contributed by atoms with Gasteiger partial charge in [0.15, 0.2) is 0 Å². The average Bonchev–Trinajstić information content (AvgIpc) is 1.52.